The summed E-state index contributed by atoms with van der Waals surface area (Å²) in [5, 5.41) is 10.7. The first-order valence-corrected chi connectivity index (χ1v) is 12.6. The number of carbonyl (C=O) groups excluding carboxylic acids is 1. The molecule has 11 nitrogen and oxygen atoms in total. The van der Waals surface area contributed by atoms with Crippen LogP contribution >= 0.6 is 11.3 Å². The van der Waals surface area contributed by atoms with Gasteiger partial charge in [-0.1, -0.05) is 18.3 Å². The zero-order chi connectivity index (χ0) is 23.6. The molecule has 0 amide bonds. The van der Waals surface area contributed by atoms with E-state index in [0.29, 0.717) is 44.2 Å². The Morgan fingerprint density at radius 1 is 1.27 bits per heavy atom. The molecule has 13 heteroatoms. The topological polar surface area (TPSA) is 134 Å². The van der Waals surface area contributed by atoms with Crippen LogP contribution < -0.4 is 0 Å². The maximum absolute atomic E-state index is 13.0. The largest absolute Gasteiger partial charge is 0.453 e. The van der Waals surface area contributed by atoms with Crippen LogP contribution in [-0.2, 0) is 32.6 Å². The van der Waals surface area contributed by atoms with Gasteiger partial charge in [0.2, 0.25) is 10.0 Å². The fourth-order valence-corrected chi connectivity index (χ4v) is 5.72. The van der Waals surface area contributed by atoms with Crippen LogP contribution in [-0.4, -0.2) is 59.5 Å². The zero-order valence-corrected chi connectivity index (χ0v) is 19.4. The van der Waals surface area contributed by atoms with Gasteiger partial charge in [-0.05, 0) is 30.7 Å². The maximum Gasteiger partial charge on any atom is 0.348 e. The second kappa shape index (κ2) is 9.55. The normalized spacial score (nSPS) is 15.1. The van der Waals surface area contributed by atoms with Crippen LogP contribution in [0.4, 0.5) is 5.00 Å². The second-order valence-corrected chi connectivity index (χ2v) is 10.3. The number of aromatic nitrogens is 2. The van der Waals surface area contributed by atoms with Crippen molar-refractivity contribution in [1.29, 1.82) is 0 Å². The first-order chi connectivity index (χ1) is 15.8. The fourth-order valence-electron chi connectivity index (χ4n) is 3.58. The number of carbonyl (C=O) groups is 1. The zero-order valence-electron chi connectivity index (χ0n) is 17.8. The van der Waals surface area contributed by atoms with Gasteiger partial charge < -0.3 is 14.0 Å². The summed E-state index contributed by atoms with van der Waals surface area (Å²) in [6.07, 6.45) is 0.789. The Hall–Kier alpha value is -2.87. The summed E-state index contributed by atoms with van der Waals surface area (Å²) in [7, 11) is -3.67. The molecule has 0 radical (unpaired) electrons. The molecule has 0 spiro atoms. The molecule has 176 valence electrons. The van der Waals surface area contributed by atoms with E-state index in [4.69, 9.17) is 9.47 Å². The van der Waals surface area contributed by atoms with Crippen LogP contribution in [0.15, 0.2) is 35.2 Å². The molecule has 4 rings (SSSR count). The second-order valence-electron chi connectivity index (χ2n) is 7.32. The average Bonchev–Trinajstić information content (AvgIpc) is 3.44. The number of sulfonamides is 1. The third-order valence-electron chi connectivity index (χ3n) is 5.16. The monoisotopic (exact) mass is 494 g/mol. The number of imidazole rings is 1. The van der Waals surface area contributed by atoms with Crippen molar-refractivity contribution in [3.8, 4) is 0 Å². The van der Waals surface area contributed by atoms with Gasteiger partial charge in [-0.2, -0.15) is 4.31 Å². The molecule has 1 saturated heterocycles. The molecular formula is C20H22N4O7S2. The van der Waals surface area contributed by atoms with Crippen LogP contribution in [0.25, 0.3) is 11.0 Å². The molecule has 1 aliphatic heterocycles. The summed E-state index contributed by atoms with van der Waals surface area (Å²) in [6.45, 7) is 3.75. The molecular weight excluding hydrogens is 472 g/mol. The molecule has 0 saturated carbocycles. The van der Waals surface area contributed by atoms with Crippen molar-refractivity contribution in [2.75, 3.05) is 26.3 Å². The van der Waals surface area contributed by atoms with Crippen molar-refractivity contribution in [3.05, 3.63) is 51.1 Å². The summed E-state index contributed by atoms with van der Waals surface area (Å²) in [6, 6.07) is 7.40. The molecule has 0 aliphatic carbocycles. The Bertz CT molecular complexity index is 1290. The minimum atomic E-state index is -3.67. The number of hydrogen-bond donors (Lipinski definition) is 0. The Balaban J connectivity index is 1.59. The van der Waals surface area contributed by atoms with Gasteiger partial charge in [0.25, 0.3) is 0 Å². The summed E-state index contributed by atoms with van der Waals surface area (Å²) >= 11 is 0.741. The highest BCUT2D eigenvalue weighted by Crippen LogP contribution is 2.26. The lowest BCUT2D eigenvalue weighted by molar-refractivity contribution is -0.380. The minimum Gasteiger partial charge on any atom is -0.453 e. The van der Waals surface area contributed by atoms with Crippen LogP contribution in [0.3, 0.4) is 0 Å². The molecule has 1 aliphatic rings. The molecule has 3 aromatic rings. The molecule has 0 N–H and O–H groups in total. The maximum atomic E-state index is 13.0. The van der Waals surface area contributed by atoms with E-state index in [0.717, 1.165) is 23.3 Å². The predicted molar refractivity (Wildman–Crippen MR) is 120 cm³/mol. The number of rotatable bonds is 8. The van der Waals surface area contributed by atoms with Crippen molar-refractivity contribution < 1.29 is 27.6 Å². The van der Waals surface area contributed by atoms with Gasteiger partial charge in [0.15, 0.2) is 0 Å². The van der Waals surface area contributed by atoms with E-state index in [1.165, 1.54) is 22.5 Å². The predicted octanol–water partition coefficient (Wildman–Crippen LogP) is 2.79. The number of fused-ring (bicyclic) bond motifs is 1. The van der Waals surface area contributed by atoms with Gasteiger partial charge >= 0.3 is 11.0 Å². The van der Waals surface area contributed by atoms with Crippen molar-refractivity contribution in [1.82, 2.24) is 13.9 Å². The van der Waals surface area contributed by atoms with Gasteiger partial charge in [0.05, 0.1) is 34.1 Å². The van der Waals surface area contributed by atoms with Gasteiger partial charge in [0, 0.05) is 25.7 Å². The number of hydrogen-bond acceptors (Lipinski definition) is 9. The first kappa shape index (κ1) is 23.3. The number of nitro groups is 1. The first-order valence-electron chi connectivity index (χ1n) is 10.3. The highest BCUT2D eigenvalue weighted by Gasteiger charge is 2.27. The van der Waals surface area contributed by atoms with E-state index < -0.39 is 20.9 Å². The van der Waals surface area contributed by atoms with Crippen LogP contribution in [0.5, 0.6) is 0 Å². The lowest BCUT2D eigenvalue weighted by Gasteiger charge is -2.26. The molecule has 0 atom stereocenters. The Morgan fingerprint density at radius 3 is 2.70 bits per heavy atom. The number of ether oxygens (including phenoxy) is 2. The van der Waals surface area contributed by atoms with Crippen LogP contribution in [0.1, 0.15) is 28.8 Å². The lowest BCUT2D eigenvalue weighted by atomic mass is 10.3. The highest BCUT2D eigenvalue weighted by atomic mass is 32.2. The standard InChI is InChI=1S/C20H22N4O7S2/c1-2-7-23-16-4-3-14(33(28,29)22-8-10-30-11-9-22)12-15(16)21-18(23)13-31-20(25)17-5-6-19(32-17)24(26)27/h3-6,12H,2,7-11,13H2,1H3. The SMILES string of the molecule is CCCn1c(COC(=O)c2ccc([N+](=O)[O-])s2)nc2cc(S(=O)(=O)N3CCOCC3)ccc21. The van der Waals surface area contributed by atoms with Crippen molar-refractivity contribution in [2.24, 2.45) is 0 Å². The molecule has 0 bridgehead atoms. The molecule has 2 aromatic heterocycles. The number of thiophene rings is 1. The smallest absolute Gasteiger partial charge is 0.348 e. The highest BCUT2D eigenvalue weighted by molar-refractivity contribution is 7.89. The number of benzene rings is 1. The number of morpholine rings is 1. The molecule has 0 unspecified atom stereocenters. The van der Waals surface area contributed by atoms with E-state index in [-0.39, 0.29) is 21.4 Å². The summed E-state index contributed by atoms with van der Waals surface area (Å²) in [4.78, 5) is 27.4. The number of esters is 1. The van der Waals surface area contributed by atoms with Crippen LogP contribution in [0.2, 0.25) is 0 Å². The number of nitrogens with zero attached hydrogens (tertiary/aromatic N) is 4. The summed E-state index contributed by atoms with van der Waals surface area (Å²) < 4.78 is 39.8. The van der Waals surface area contributed by atoms with Crippen molar-refractivity contribution in [3.63, 3.8) is 0 Å². The van der Waals surface area contributed by atoms with E-state index >= 15 is 0 Å². The third kappa shape index (κ3) is 4.76. The Kier molecular flexibility index (Phi) is 6.74. The quantitative estimate of drug-likeness (QED) is 0.265. The number of aryl methyl sites for hydroxylation is 1. The van der Waals surface area contributed by atoms with E-state index in [9.17, 15) is 23.3 Å². The van der Waals surface area contributed by atoms with E-state index in [2.05, 4.69) is 4.98 Å². The Morgan fingerprint density at radius 2 is 2.03 bits per heavy atom. The molecule has 1 fully saturated rings. The third-order valence-corrected chi connectivity index (χ3v) is 8.07. The van der Waals surface area contributed by atoms with Gasteiger partial charge in [-0.25, -0.2) is 18.2 Å². The molecule has 33 heavy (non-hydrogen) atoms. The lowest BCUT2D eigenvalue weighted by Crippen LogP contribution is -2.40. The summed E-state index contributed by atoms with van der Waals surface area (Å²) in [5.41, 5.74) is 1.21. The fraction of sp³-hybridized carbons (Fsp3) is 0.400. The van der Waals surface area contributed by atoms with Gasteiger partial charge in [-0.15, -0.1) is 0 Å². The van der Waals surface area contributed by atoms with E-state index in [1.54, 1.807) is 12.1 Å². The van der Waals surface area contributed by atoms with E-state index in [1.807, 2.05) is 11.5 Å². The minimum absolute atomic E-state index is 0.124. The van der Waals surface area contributed by atoms with Crippen molar-refractivity contribution in [2.45, 2.75) is 31.4 Å². The van der Waals surface area contributed by atoms with Gasteiger partial charge in [0.1, 0.15) is 17.3 Å². The summed E-state index contributed by atoms with van der Waals surface area (Å²) in [5.74, 6) is -0.217. The molecule has 3 heterocycles. The van der Waals surface area contributed by atoms with Crippen molar-refractivity contribution >= 4 is 43.4 Å². The average molecular weight is 495 g/mol. The molecule has 1 aromatic carbocycles. The van der Waals surface area contributed by atoms with Gasteiger partial charge in [-0.3, -0.25) is 10.1 Å². The van der Waals surface area contributed by atoms with Crippen LogP contribution in [0, 0.1) is 10.1 Å². The Labute approximate surface area is 193 Å².